The van der Waals surface area contributed by atoms with Crippen LogP contribution < -0.4 is 0 Å². The van der Waals surface area contributed by atoms with E-state index in [9.17, 15) is 4.21 Å². The molecule has 1 aromatic carbocycles. The van der Waals surface area contributed by atoms with E-state index in [2.05, 4.69) is 6.07 Å². The summed E-state index contributed by atoms with van der Waals surface area (Å²) in [6, 6.07) is 7.89. The maximum atomic E-state index is 12.0. The molecule has 3 heteroatoms. The molecular weight excluding hydrogens is 206 g/mol. The van der Waals surface area contributed by atoms with Crippen LogP contribution in [-0.2, 0) is 10.8 Å². The number of rotatable bonds is 3. The molecule has 2 nitrogen and oxygen atoms in total. The van der Waals surface area contributed by atoms with Crippen LogP contribution in [0.25, 0.3) is 0 Å². The van der Waals surface area contributed by atoms with Gasteiger partial charge in [-0.15, -0.1) is 0 Å². The Bertz CT molecular complexity index is 420. The second kappa shape index (κ2) is 5.09. The predicted octanol–water partition coefficient (Wildman–Crippen LogP) is 2.71. The van der Waals surface area contributed by atoms with E-state index in [4.69, 9.17) is 5.26 Å². The van der Waals surface area contributed by atoms with Gasteiger partial charge >= 0.3 is 0 Å². The lowest BCUT2D eigenvalue weighted by molar-refractivity contribution is 0.675. The molecule has 0 bridgehead atoms. The van der Waals surface area contributed by atoms with Gasteiger partial charge in [-0.2, -0.15) is 5.26 Å². The molecule has 0 N–H and O–H groups in total. The van der Waals surface area contributed by atoms with Gasteiger partial charge in [-0.3, -0.25) is 4.21 Å². The first-order valence-corrected chi connectivity index (χ1v) is 6.19. The molecule has 80 valence electrons. The number of nitriles is 1. The Kier molecular flexibility index (Phi) is 4.05. The summed E-state index contributed by atoms with van der Waals surface area (Å²) in [4.78, 5) is 0.786. The van der Waals surface area contributed by atoms with Crippen LogP contribution in [0.3, 0.4) is 0 Å². The number of hydrogen-bond acceptors (Lipinski definition) is 2. The summed E-state index contributed by atoms with van der Waals surface area (Å²) in [7, 11) is -1.20. The van der Waals surface area contributed by atoms with Crippen molar-refractivity contribution in [3.8, 4) is 6.07 Å². The summed E-state index contributed by atoms with van der Waals surface area (Å²) in [5, 5.41) is 8.46. The molecule has 0 aliphatic carbocycles. The molecule has 0 fully saturated rings. The highest BCUT2D eigenvalue weighted by Gasteiger charge is 2.17. The zero-order valence-corrected chi connectivity index (χ0v) is 10.1. The Morgan fingerprint density at radius 2 is 2.13 bits per heavy atom. The van der Waals surface area contributed by atoms with Crippen molar-refractivity contribution in [1.29, 1.82) is 5.26 Å². The summed E-state index contributed by atoms with van der Waals surface area (Å²) < 4.78 is 12.0. The van der Waals surface area contributed by atoms with Gasteiger partial charge in [0.15, 0.2) is 0 Å². The maximum absolute atomic E-state index is 12.0. The zero-order chi connectivity index (χ0) is 11.4. The van der Waals surface area contributed by atoms with E-state index in [0.29, 0.717) is 6.42 Å². The Morgan fingerprint density at radius 3 is 2.60 bits per heavy atom. The highest BCUT2D eigenvalue weighted by Crippen LogP contribution is 2.18. The molecule has 0 aliphatic rings. The number of nitrogens with zero attached hydrogens (tertiary/aromatic N) is 1. The minimum atomic E-state index is -1.20. The van der Waals surface area contributed by atoms with Crippen molar-refractivity contribution in [2.24, 2.45) is 0 Å². The molecule has 0 heterocycles. The normalized spacial score (nSPS) is 14.3. The van der Waals surface area contributed by atoms with E-state index < -0.39 is 16.0 Å². The molecule has 2 unspecified atom stereocenters. The quantitative estimate of drug-likeness (QED) is 0.787. The van der Waals surface area contributed by atoms with Crippen molar-refractivity contribution >= 4 is 10.8 Å². The van der Waals surface area contributed by atoms with Crippen molar-refractivity contribution in [3.63, 3.8) is 0 Å². The first kappa shape index (κ1) is 11.9. The molecule has 0 amide bonds. The largest absolute Gasteiger partial charge is 0.253 e. The van der Waals surface area contributed by atoms with E-state index in [1.165, 1.54) is 0 Å². The SMILES string of the molecule is CCC(C#N)S(=O)c1ccc(C)cc1C. The van der Waals surface area contributed by atoms with Gasteiger partial charge in [-0.25, -0.2) is 0 Å². The second-order valence-corrected chi connectivity index (χ2v) is 5.20. The fourth-order valence-electron chi connectivity index (χ4n) is 1.47. The molecule has 1 rings (SSSR count). The third-order valence-electron chi connectivity index (χ3n) is 2.32. The van der Waals surface area contributed by atoms with E-state index >= 15 is 0 Å². The van der Waals surface area contributed by atoms with Crippen molar-refractivity contribution in [2.45, 2.75) is 37.3 Å². The van der Waals surface area contributed by atoms with Gasteiger partial charge in [0.25, 0.3) is 0 Å². The molecule has 1 aromatic rings. The molecule has 2 atom stereocenters. The highest BCUT2D eigenvalue weighted by atomic mass is 32.2. The molecular formula is C12H15NOS. The highest BCUT2D eigenvalue weighted by molar-refractivity contribution is 7.86. The molecule has 0 spiro atoms. The summed E-state index contributed by atoms with van der Waals surface area (Å²) in [6.45, 7) is 5.82. The lowest BCUT2D eigenvalue weighted by atomic mass is 10.2. The molecule has 0 radical (unpaired) electrons. The lowest BCUT2D eigenvalue weighted by Crippen LogP contribution is -2.12. The van der Waals surface area contributed by atoms with Gasteiger partial charge in [0.1, 0.15) is 5.25 Å². The predicted molar refractivity (Wildman–Crippen MR) is 62.0 cm³/mol. The summed E-state index contributed by atoms with van der Waals surface area (Å²) >= 11 is 0. The van der Waals surface area contributed by atoms with Crippen molar-refractivity contribution < 1.29 is 4.21 Å². The third kappa shape index (κ3) is 2.66. The van der Waals surface area contributed by atoms with Crippen LogP contribution >= 0.6 is 0 Å². The van der Waals surface area contributed by atoms with Crippen LogP contribution in [0.4, 0.5) is 0 Å². The summed E-state index contributed by atoms with van der Waals surface area (Å²) in [5.74, 6) is 0. The van der Waals surface area contributed by atoms with E-state index in [-0.39, 0.29) is 0 Å². The summed E-state index contributed by atoms with van der Waals surface area (Å²) in [6.07, 6.45) is 0.621. The molecule has 0 saturated heterocycles. The summed E-state index contributed by atoms with van der Waals surface area (Å²) in [5.41, 5.74) is 2.15. The average Bonchev–Trinajstić information content (AvgIpc) is 2.19. The Morgan fingerprint density at radius 1 is 1.47 bits per heavy atom. The fourth-order valence-corrected chi connectivity index (χ4v) is 2.75. The van der Waals surface area contributed by atoms with Crippen LogP contribution in [0.5, 0.6) is 0 Å². The van der Waals surface area contributed by atoms with Gasteiger partial charge in [-0.05, 0) is 31.9 Å². The van der Waals surface area contributed by atoms with Crippen LogP contribution in [0.15, 0.2) is 23.1 Å². The van der Waals surface area contributed by atoms with E-state index in [0.717, 1.165) is 16.0 Å². The number of aryl methyl sites for hydroxylation is 2. The van der Waals surface area contributed by atoms with Gasteiger partial charge in [0.2, 0.25) is 0 Å². The molecule has 0 aliphatic heterocycles. The first-order valence-electron chi connectivity index (χ1n) is 4.97. The van der Waals surface area contributed by atoms with Gasteiger partial charge in [0.05, 0.1) is 16.9 Å². The zero-order valence-electron chi connectivity index (χ0n) is 9.28. The molecule has 0 aromatic heterocycles. The second-order valence-electron chi connectivity index (χ2n) is 3.59. The number of hydrogen-bond donors (Lipinski definition) is 0. The fraction of sp³-hybridized carbons (Fsp3) is 0.417. The Labute approximate surface area is 93.4 Å². The molecule has 15 heavy (non-hydrogen) atoms. The van der Waals surface area contributed by atoms with Crippen molar-refractivity contribution in [2.75, 3.05) is 0 Å². The third-order valence-corrected chi connectivity index (χ3v) is 4.17. The maximum Gasteiger partial charge on any atom is 0.126 e. The van der Waals surface area contributed by atoms with Gasteiger partial charge in [-0.1, -0.05) is 24.6 Å². The first-order chi connectivity index (χ1) is 7.10. The van der Waals surface area contributed by atoms with Crippen molar-refractivity contribution in [1.82, 2.24) is 0 Å². The number of benzene rings is 1. The van der Waals surface area contributed by atoms with Crippen LogP contribution in [0.1, 0.15) is 24.5 Å². The minimum absolute atomic E-state index is 0.397. The molecule has 0 saturated carbocycles. The lowest BCUT2D eigenvalue weighted by Gasteiger charge is -2.09. The van der Waals surface area contributed by atoms with Crippen molar-refractivity contribution in [3.05, 3.63) is 29.3 Å². The standard InChI is InChI=1S/C12H15NOS/c1-4-11(8-13)15(14)12-6-5-9(2)7-10(12)3/h5-7,11H,4H2,1-3H3. The smallest absolute Gasteiger partial charge is 0.126 e. The van der Waals surface area contributed by atoms with E-state index in [1.54, 1.807) is 0 Å². The topological polar surface area (TPSA) is 40.9 Å². The van der Waals surface area contributed by atoms with Gasteiger partial charge in [0, 0.05) is 4.90 Å². The monoisotopic (exact) mass is 221 g/mol. The average molecular weight is 221 g/mol. The Hall–Kier alpha value is -1.14. The van der Waals surface area contributed by atoms with E-state index in [1.807, 2.05) is 39.0 Å². The van der Waals surface area contributed by atoms with Crippen LogP contribution in [0, 0.1) is 25.2 Å². The van der Waals surface area contributed by atoms with Gasteiger partial charge < -0.3 is 0 Å². The minimum Gasteiger partial charge on any atom is -0.253 e. The van der Waals surface area contributed by atoms with Crippen LogP contribution in [-0.4, -0.2) is 9.46 Å². The Balaban J connectivity index is 3.07. The van der Waals surface area contributed by atoms with Crippen LogP contribution in [0.2, 0.25) is 0 Å².